The van der Waals surface area contributed by atoms with Gasteiger partial charge in [-0.25, -0.2) is 0 Å². The van der Waals surface area contributed by atoms with Gasteiger partial charge in [0.25, 0.3) is 0 Å². The van der Waals surface area contributed by atoms with E-state index in [1.54, 1.807) is 7.11 Å². The molecule has 1 aromatic carbocycles. The van der Waals surface area contributed by atoms with Crippen molar-refractivity contribution in [1.82, 2.24) is 0 Å². The lowest BCUT2D eigenvalue weighted by Gasteiger charge is -2.14. The third kappa shape index (κ3) is 2.46. The third-order valence-electron chi connectivity index (χ3n) is 3.21. The van der Waals surface area contributed by atoms with Crippen LogP contribution in [0.15, 0.2) is 29.6 Å². The van der Waals surface area contributed by atoms with Gasteiger partial charge in [0.15, 0.2) is 11.5 Å². The topological polar surface area (TPSA) is 47.9 Å². The molecule has 0 saturated carbocycles. The van der Waals surface area contributed by atoms with Crippen molar-refractivity contribution >= 4 is 11.3 Å². The second-order valence-electron chi connectivity index (χ2n) is 4.51. The quantitative estimate of drug-likeness (QED) is 0.944. The minimum atomic E-state index is -0.720. The monoisotopic (exact) mass is 292 g/mol. The molecular weight excluding hydrogens is 276 g/mol. The SMILES string of the molecule is COc1ccsc1C(O)c1ccc2c(c1)OCCCO2. The van der Waals surface area contributed by atoms with E-state index < -0.39 is 6.10 Å². The number of methoxy groups -OCH3 is 1. The molecule has 0 aliphatic carbocycles. The van der Waals surface area contributed by atoms with Crippen LogP contribution in [0.1, 0.15) is 23.0 Å². The van der Waals surface area contributed by atoms with Gasteiger partial charge in [0.05, 0.1) is 25.2 Å². The Hall–Kier alpha value is -1.72. The average molecular weight is 292 g/mol. The molecule has 0 bridgehead atoms. The van der Waals surface area contributed by atoms with E-state index in [0.29, 0.717) is 24.7 Å². The number of benzene rings is 1. The van der Waals surface area contributed by atoms with Gasteiger partial charge in [0.1, 0.15) is 11.9 Å². The first kappa shape index (κ1) is 13.3. The Morgan fingerprint density at radius 3 is 2.80 bits per heavy atom. The largest absolute Gasteiger partial charge is 0.495 e. The van der Waals surface area contributed by atoms with Crippen molar-refractivity contribution in [2.24, 2.45) is 0 Å². The van der Waals surface area contributed by atoms with Gasteiger partial charge in [0, 0.05) is 6.42 Å². The fourth-order valence-electron chi connectivity index (χ4n) is 2.18. The first-order chi connectivity index (χ1) is 9.79. The Morgan fingerprint density at radius 1 is 1.20 bits per heavy atom. The highest BCUT2D eigenvalue weighted by Gasteiger charge is 2.19. The molecule has 0 radical (unpaired) electrons. The highest BCUT2D eigenvalue weighted by Crippen LogP contribution is 2.38. The number of hydrogen-bond acceptors (Lipinski definition) is 5. The number of thiophene rings is 1. The number of aliphatic hydroxyl groups excluding tert-OH is 1. The molecule has 2 heterocycles. The Kier molecular flexibility index (Phi) is 3.80. The van der Waals surface area contributed by atoms with E-state index in [9.17, 15) is 5.11 Å². The van der Waals surface area contributed by atoms with Crippen LogP contribution >= 0.6 is 11.3 Å². The normalized spacial score (nSPS) is 15.5. The zero-order chi connectivity index (χ0) is 13.9. The van der Waals surface area contributed by atoms with Crippen LogP contribution in [0.4, 0.5) is 0 Å². The lowest BCUT2D eigenvalue weighted by atomic mass is 10.1. The first-order valence-corrected chi connectivity index (χ1v) is 7.36. The fourth-order valence-corrected chi connectivity index (χ4v) is 3.05. The van der Waals surface area contributed by atoms with Crippen LogP contribution in [-0.2, 0) is 0 Å². The summed E-state index contributed by atoms with van der Waals surface area (Å²) in [6.45, 7) is 1.29. The van der Waals surface area contributed by atoms with Crippen molar-refractivity contribution in [2.45, 2.75) is 12.5 Å². The van der Waals surface area contributed by atoms with Crippen LogP contribution in [0.25, 0.3) is 0 Å². The molecule has 0 saturated heterocycles. The minimum Gasteiger partial charge on any atom is -0.495 e. The van der Waals surface area contributed by atoms with Gasteiger partial charge in [-0.15, -0.1) is 11.3 Å². The highest BCUT2D eigenvalue weighted by atomic mass is 32.1. The number of rotatable bonds is 3. The van der Waals surface area contributed by atoms with Crippen LogP contribution in [0.3, 0.4) is 0 Å². The number of fused-ring (bicyclic) bond motifs is 1. The van der Waals surface area contributed by atoms with Crippen molar-refractivity contribution in [3.8, 4) is 17.2 Å². The van der Waals surface area contributed by atoms with Gasteiger partial charge < -0.3 is 19.3 Å². The zero-order valence-corrected chi connectivity index (χ0v) is 12.0. The van der Waals surface area contributed by atoms with Crippen molar-refractivity contribution < 1.29 is 19.3 Å². The summed E-state index contributed by atoms with van der Waals surface area (Å²) < 4.78 is 16.5. The molecule has 3 rings (SSSR count). The summed E-state index contributed by atoms with van der Waals surface area (Å²) in [6.07, 6.45) is 0.146. The zero-order valence-electron chi connectivity index (χ0n) is 11.2. The van der Waals surface area contributed by atoms with Crippen molar-refractivity contribution in [1.29, 1.82) is 0 Å². The number of aliphatic hydroxyl groups is 1. The maximum atomic E-state index is 10.5. The summed E-state index contributed by atoms with van der Waals surface area (Å²) in [7, 11) is 1.60. The van der Waals surface area contributed by atoms with Crippen LogP contribution in [0, 0.1) is 0 Å². The summed E-state index contributed by atoms with van der Waals surface area (Å²) in [5, 5.41) is 12.4. The van der Waals surface area contributed by atoms with E-state index in [-0.39, 0.29) is 0 Å². The molecule has 4 nitrogen and oxygen atoms in total. The lowest BCUT2D eigenvalue weighted by Crippen LogP contribution is -2.01. The van der Waals surface area contributed by atoms with Gasteiger partial charge in [-0.1, -0.05) is 6.07 Å². The molecule has 20 heavy (non-hydrogen) atoms. The average Bonchev–Trinajstić information content (AvgIpc) is 2.83. The molecular formula is C15H16O4S. The number of ether oxygens (including phenoxy) is 3. The van der Waals surface area contributed by atoms with Crippen LogP contribution in [0.2, 0.25) is 0 Å². The molecule has 0 amide bonds. The van der Waals surface area contributed by atoms with Crippen LogP contribution in [0.5, 0.6) is 17.2 Å². The van der Waals surface area contributed by atoms with Gasteiger partial charge in [0.2, 0.25) is 0 Å². The van der Waals surface area contributed by atoms with E-state index in [2.05, 4.69) is 0 Å². The fraction of sp³-hybridized carbons (Fsp3) is 0.333. The number of hydrogen-bond donors (Lipinski definition) is 1. The van der Waals surface area contributed by atoms with Gasteiger partial charge in [-0.2, -0.15) is 0 Å². The molecule has 1 aromatic heterocycles. The van der Waals surface area contributed by atoms with Crippen molar-refractivity contribution in [3.63, 3.8) is 0 Å². The molecule has 0 spiro atoms. The summed E-state index contributed by atoms with van der Waals surface area (Å²) >= 11 is 1.47. The Bertz CT molecular complexity index is 593. The second kappa shape index (κ2) is 5.73. The Labute approximate surface area is 121 Å². The van der Waals surface area contributed by atoms with Crippen molar-refractivity contribution in [3.05, 3.63) is 40.1 Å². The van der Waals surface area contributed by atoms with Crippen LogP contribution < -0.4 is 14.2 Å². The molecule has 1 aliphatic heterocycles. The maximum Gasteiger partial charge on any atom is 0.161 e. The standard InChI is InChI=1S/C15H16O4S/c1-17-12-5-8-20-15(12)14(16)10-3-4-11-13(9-10)19-7-2-6-18-11/h3-5,8-9,14,16H,2,6-7H2,1H3. The van der Waals surface area contributed by atoms with E-state index >= 15 is 0 Å². The molecule has 0 fully saturated rings. The third-order valence-corrected chi connectivity index (χ3v) is 4.16. The summed E-state index contributed by atoms with van der Waals surface area (Å²) in [6, 6.07) is 7.40. The first-order valence-electron chi connectivity index (χ1n) is 6.48. The van der Waals surface area contributed by atoms with Gasteiger partial charge in [-0.3, -0.25) is 0 Å². The Balaban J connectivity index is 1.92. The maximum absolute atomic E-state index is 10.5. The Morgan fingerprint density at radius 2 is 2.00 bits per heavy atom. The highest BCUT2D eigenvalue weighted by molar-refractivity contribution is 7.10. The van der Waals surface area contributed by atoms with E-state index in [4.69, 9.17) is 14.2 Å². The summed E-state index contributed by atoms with van der Waals surface area (Å²) in [5.74, 6) is 2.13. The van der Waals surface area contributed by atoms with Crippen molar-refractivity contribution in [2.75, 3.05) is 20.3 Å². The van der Waals surface area contributed by atoms with E-state index in [1.165, 1.54) is 11.3 Å². The molecule has 1 aliphatic rings. The van der Waals surface area contributed by atoms with E-state index in [0.717, 1.165) is 22.6 Å². The molecule has 1 atom stereocenters. The summed E-state index contributed by atoms with van der Waals surface area (Å²) in [5.41, 5.74) is 0.773. The van der Waals surface area contributed by atoms with Gasteiger partial charge >= 0.3 is 0 Å². The molecule has 2 aromatic rings. The predicted octanol–water partition coefficient (Wildman–Crippen LogP) is 3.00. The second-order valence-corrected chi connectivity index (χ2v) is 5.46. The molecule has 1 N–H and O–H groups in total. The van der Waals surface area contributed by atoms with Crippen LogP contribution in [-0.4, -0.2) is 25.4 Å². The molecule has 106 valence electrons. The lowest BCUT2D eigenvalue weighted by molar-refractivity contribution is 0.218. The van der Waals surface area contributed by atoms with E-state index in [1.807, 2.05) is 29.6 Å². The summed E-state index contributed by atoms with van der Waals surface area (Å²) in [4.78, 5) is 0.794. The van der Waals surface area contributed by atoms with Gasteiger partial charge in [-0.05, 0) is 29.1 Å². The predicted molar refractivity (Wildman–Crippen MR) is 77.0 cm³/mol. The smallest absolute Gasteiger partial charge is 0.161 e. The molecule has 1 unspecified atom stereocenters. The molecule has 5 heteroatoms. The minimum absolute atomic E-state index is 0.634.